The van der Waals surface area contributed by atoms with Gasteiger partial charge in [0.25, 0.3) is 0 Å². The number of esters is 1. The van der Waals surface area contributed by atoms with Crippen molar-refractivity contribution in [1.29, 1.82) is 0 Å². The summed E-state index contributed by atoms with van der Waals surface area (Å²) in [6.07, 6.45) is 8.02. The lowest BCUT2D eigenvalue weighted by molar-refractivity contribution is -0.143. The molecule has 0 radical (unpaired) electrons. The molecule has 0 aromatic carbocycles. The van der Waals surface area contributed by atoms with Crippen LogP contribution in [0.25, 0.3) is 0 Å². The third kappa shape index (κ3) is 11.6. The van der Waals surface area contributed by atoms with E-state index in [0.717, 1.165) is 12.8 Å². The van der Waals surface area contributed by atoms with Crippen LogP contribution in [0.4, 0.5) is 0 Å². The predicted octanol–water partition coefficient (Wildman–Crippen LogP) is 3.74. The van der Waals surface area contributed by atoms with Gasteiger partial charge in [-0.25, -0.2) is 0 Å². The molecular formula is C12H24O3P+. The summed E-state index contributed by atoms with van der Waals surface area (Å²) < 4.78 is 15.7. The Bertz CT molecular complexity index is 204. The van der Waals surface area contributed by atoms with E-state index in [4.69, 9.17) is 4.74 Å². The van der Waals surface area contributed by atoms with E-state index in [1.807, 2.05) is 0 Å². The number of hydrogen-bond donors (Lipinski definition) is 0. The number of carbonyl (C=O) groups is 1. The zero-order valence-electron chi connectivity index (χ0n) is 10.5. The molecule has 0 aliphatic rings. The maximum Gasteiger partial charge on any atom is 0.339 e. The van der Waals surface area contributed by atoms with Crippen LogP contribution in [0.1, 0.15) is 51.9 Å². The van der Waals surface area contributed by atoms with Crippen LogP contribution in [0.2, 0.25) is 0 Å². The lowest BCUT2D eigenvalue weighted by Crippen LogP contribution is -2.06. The minimum Gasteiger partial charge on any atom is -0.461 e. The van der Waals surface area contributed by atoms with Gasteiger partial charge in [0.05, 0.1) is 0 Å². The summed E-state index contributed by atoms with van der Waals surface area (Å²) in [5.74, 6) is -0.146. The maximum atomic E-state index is 11.2. The van der Waals surface area contributed by atoms with Gasteiger partial charge in [-0.3, -0.25) is 4.79 Å². The molecule has 0 rings (SSSR count). The minimum atomic E-state index is -1.18. The van der Waals surface area contributed by atoms with Crippen molar-refractivity contribution >= 4 is 13.8 Å². The van der Waals surface area contributed by atoms with Crippen LogP contribution in [0.15, 0.2) is 0 Å². The van der Waals surface area contributed by atoms with E-state index in [2.05, 4.69) is 6.92 Å². The lowest BCUT2D eigenvalue weighted by atomic mass is 10.1. The van der Waals surface area contributed by atoms with E-state index in [9.17, 15) is 9.36 Å². The van der Waals surface area contributed by atoms with Crippen molar-refractivity contribution in [2.24, 2.45) is 0 Å². The van der Waals surface area contributed by atoms with Crippen molar-refractivity contribution in [3.63, 3.8) is 0 Å². The van der Waals surface area contributed by atoms with E-state index in [1.165, 1.54) is 25.7 Å². The molecule has 0 heterocycles. The largest absolute Gasteiger partial charge is 0.461 e. The summed E-state index contributed by atoms with van der Waals surface area (Å²) >= 11 is 0. The fourth-order valence-corrected chi connectivity index (χ4v) is 1.76. The highest BCUT2D eigenvalue weighted by Gasteiger charge is 2.08. The monoisotopic (exact) mass is 247 g/mol. The molecule has 4 heteroatoms. The second-order valence-electron chi connectivity index (χ2n) is 4.09. The summed E-state index contributed by atoms with van der Waals surface area (Å²) in [4.78, 5) is 11.2. The molecule has 0 saturated heterocycles. The van der Waals surface area contributed by atoms with Crippen LogP contribution >= 0.6 is 7.80 Å². The van der Waals surface area contributed by atoms with Crippen molar-refractivity contribution in [3.05, 3.63) is 0 Å². The minimum absolute atomic E-state index is 0.146. The first-order valence-corrected chi connectivity index (χ1v) is 8.10. The summed E-state index contributed by atoms with van der Waals surface area (Å²) in [5, 5.41) is 0. The van der Waals surface area contributed by atoms with E-state index in [1.54, 1.807) is 6.66 Å². The van der Waals surface area contributed by atoms with Gasteiger partial charge in [-0.2, -0.15) is 0 Å². The van der Waals surface area contributed by atoms with Gasteiger partial charge < -0.3 is 4.74 Å². The molecule has 0 bridgehead atoms. The van der Waals surface area contributed by atoms with Crippen LogP contribution in [-0.2, 0) is 14.1 Å². The second kappa shape index (κ2) is 11.1. The van der Waals surface area contributed by atoms with Crippen molar-refractivity contribution in [2.75, 3.05) is 19.4 Å². The first kappa shape index (κ1) is 15.6. The van der Waals surface area contributed by atoms with Crippen molar-refractivity contribution in [1.82, 2.24) is 0 Å². The Morgan fingerprint density at radius 3 is 2.38 bits per heavy atom. The maximum absolute atomic E-state index is 11.2. The van der Waals surface area contributed by atoms with Gasteiger partial charge in [0, 0.05) is 6.42 Å². The molecule has 94 valence electrons. The van der Waals surface area contributed by atoms with Gasteiger partial charge in [0.2, 0.25) is 0 Å². The zero-order chi connectivity index (χ0) is 12.2. The molecule has 0 aliphatic heterocycles. The van der Waals surface area contributed by atoms with Gasteiger partial charge in [-0.05, 0) is 6.42 Å². The average Bonchev–Trinajstić information content (AvgIpc) is 2.22. The highest BCUT2D eigenvalue weighted by molar-refractivity contribution is 7.43. The molecule has 0 N–H and O–H groups in total. The van der Waals surface area contributed by atoms with Crippen LogP contribution < -0.4 is 0 Å². The van der Waals surface area contributed by atoms with Gasteiger partial charge >= 0.3 is 13.8 Å². The zero-order valence-corrected chi connectivity index (χ0v) is 11.4. The highest BCUT2D eigenvalue weighted by atomic mass is 31.1. The summed E-state index contributed by atoms with van der Waals surface area (Å²) in [7, 11) is -1.18. The summed E-state index contributed by atoms with van der Waals surface area (Å²) in [6, 6.07) is 0. The second-order valence-corrected chi connectivity index (χ2v) is 5.79. The normalized spacial score (nSPS) is 11.2. The molecule has 16 heavy (non-hydrogen) atoms. The Hall–Kier alpha value is -0.430. The molecule has 0 fully saturated rings. The smallest absolute Gasteiger partial charge is 0.339 e. The molecule has 1 atom stereocenters. The highest BCUT2D eigenvalue weighted by Crippen LogP contribution is 2.12. The molecule has 0 spiro atoms. The first-order valence-electron chi connectivity index (χ1n) is 6.20. The van der Waals surface area contributed by atoms with Crippen LogP contribution in [-0.4, -0.2) is 25.4 Å². The fraction of sp³-hybridized carbons (Fsp3) is 0.917. The van der Waals surface area contributed by atoms with E-state index < -0.39 is 7.80 Å². The fourth-order valence-electron chi connectivity index (χ4n) is 1.41. The molecule has 1 unspecified atom stereocenters. The lowest BCUT2D eigenvalue weighted by Gasteiger charge is -2.01. The Kier molecular flexibility index (Phi) is 10.8. The van der Waals surface area contributed by atoms with Crippen molar-refractivity contribution in [2.45, 2.75) is 51.9 Å². The number of rotatable bonds is 10. The van der Waals surface area contributed by atoms with Gasteiger partial charge in [-0.1, -0.05) is 43.6 Å². The third-order valence-corrected chi connectivity index (χ3v) is 3.22. The van der Waals surface area contributed by atoms with Crippen LogP contribution in [0.5, 0.6) is 0 Å². The molecule has 0 aromatic heterocycles. The number of hydrogen-bond acceptors (Lipinski definition) is 3. The van der Waals surface area contributed by atoms with E-state index >= 15 is 0 Å². The van der Waals surface area contributed by atoms with Crippen LogP contribution in [0.3, 0.4) is 0 Å². The molecular weight excluding hydrogens is 223 g/mol. The molecule has 0 aromatic rings. The van der Waals surface area contributed by atoms with Crippen molar-refractivity contribution < 1.29 is 14.1 Å². The number of ether oxygens (including phenoxy) is 1. The number of carbonyl (C=O) groups excluding carboxylic acids is 1. The SMILES string of the molecule is CCCCCCCCC(=O)OCC[P+](C)=O. The Labute approximate surface area is 99.7 Å². The van der Waals surface area contributed by atoms with Gasteiger partial charge in [-0.15, -0.1) is 0 Å². The predicted molar refractivity (Wildman–Crippen MR) is 67.3 cm³/mol. The quantitative estimate of drug-likeness (QED) is 0.335. The molecule has 0 amide bonds. The number of unbranched alkanes of at least 4 members (excludes halogenated alkanes) is 5. The van der Waals surface area contributed by atoms with E-state index in [0.29, 0.717) is 19.2 Å². The molecule has 0 aliphatic carbocycles. The topological polar surface area (TPSA) is 43.4 Å². The Balaban J connectivity index is 3.20. The van der Waals surface area contributed by atoms with E-state index in [-0.39, 0.29) is 5.97 Å². The molecule has 0 saturated carbocycles. The van der Waals surface area contributed by atoms with Crippen LogP contribution in [0, 0.1) is 0 Å². The van der Waals surface area contributed by atoms with Crippen molar-refractivity contribution in [3.8, 4) is 0 Å². The average molecular weight is 247 g/mol. The summed E-state index contributed by atoms with van der Waals surface area (Å²) in [5.41, 5.74) is 0. The Morgan fingerprint density at radius 2 is 1.75 bits per heavy atom. The third-order valence-electron chi connectivity index (χ3n) is 2.40. The standard InChI is InChI=1S/C12H24O3P/c1-3-4-5-6-7-8-9-12(13)15-10-11-16(2)14/h3-11H2,1-2H3/q+1. The Morgan fingerprint density at radius 1 is 1.12 bits per heavy atom. The van der Waals surface area contributed by atoms with Gasteiger partial charge in [0.15, 0.2) is 6.16 Å². The van der Waals surface area contributed by atoms with Gasteiger partial charge in [0.1, 0.15) is 13.3 Å². The summed E-state index contributed by atoms with van der Waals surface area (Å²) in [6.45, 7) is 4.15. The molecule has 3 nitrogen and oxygen atoms in total. The first-order chi connectivity index (χ1) is 7.66.